The van der Waals surface area contributed by atoms with Gasteiger partial charge in [-0.3, -0.25) is 19.7 Å². The molecule has 3 aromatic heterocycles. The van der Waals surface area contributed by atoms with E-state index < -0.39 is 38.4 Å². The van der Waals surface area contributed by atoms with Gasteiger partial charge in [-0.25, -0.2) is 17.2 Å². The molecule has 1 aromatic carbocycles. The number of carbonyl (C=O) groups is 2. The van der Waals surface area contributed by atoms with Gasteiger partial charge in [-0.1, -0.05) is 0 Å². The first-order valence-electron chi connectivity index (χ1n) is 10.9. The van der Waals surface area contributed by atoms with Gasteiger partial charge in [0.25, 0.3) is 11.8 Å². The van der Waals surface area contributed by atoms with Crippen LogP contribution in [0.3, 0.4) is 0 Å². The number of sulfonamides is 1. The highest BCUT2D eigenvalue weighted by atomic mass is 32.2. The summed E-state index contributed by atoms with van der Waals surface area (Å²) >= 11 is 0. The molecule has 0 spiro atoms. The highest BCUT2D eigenvalue weighted by Crippen LogP contribution is 2.29. The predicted octanol–water partition coefficient (Wildman–Crippen LogP) is 2.66. The Morgan fingerprint density at radius 2 is 1.84 bits per heavy atom. The Bertz CT molecular complexity index is 1580. The van der Waals surface area contributed by atoms with Crippen LogP contribution in [0.15, 0.2) is 60.0 Å². The lowest BCUT2D eigenvalue weighted by molar-refractivity contribution is 0.102. The lowest BCUT2D eigenvalue weighted by atomic mass is 10.1. The van der Waals surface area contributed by atoms with Gasteiger partial charge in [0.15, 0.2) is 5.82 Å². The minimum absolute atomic E-state index is 0.0444. The second-order valence-corrected chi connectivity index (χ2v) is 10.1. The maximum Gasteiger partial charge on any atom is 0.259 e. The summed E-state index contributed by atoms with van der Waals surface area (Å²) in [6.07, 6.45) is 6.03. The number of nitrogens with zero attached hydrogens (tertiary/aromatic N) is 3. The molecular weight excluding hydrogens is 508 g/mol. The van der Waals surface area contributed by atoms with Crippen LogP contribution in [0, 0.1) is 11.6 Å². The van der Waals surface area contributed by atoms with Gasteiger partial charge < -0.3 is 15.6 Å². The number of carbonyl (C=O) groups excluding carboxylic acids is 2. The Morgan fingerprint density at radius 3 is 2.57 bits per heavy atom. The number of benzene rings is 1. The van der Waals surface area contributed by atoms with Crippen molar-refractivity contribution in [2.24, 2.45) is 0 Å². The highest BCUT2D eigenvalue weighted by Gasteiger charge is 2.32. The Balaban J connectivity index is 1.37. The molecule has 0 atom stereocenters. The van der Waals surface area contributed by atoms with Crippen molar-refractivity contribution in [2.75, 3.05) is 17.2 Å². The molecule has 11 nitrogen and oxygen atoms in total. The molecule has 37 heavy (non-hydrogen) atoms. The number of H-pyrrole nitrogens is 2. The van der Waals surface area contributed by atoms with Gasteiger partial charge in [0.1, 0.15) is 11.6 Å². The van der Waals surface area contributed by atoms with Crippen LogP contribution < -0.4 is 10.6 Å². The average molecular weight is 528 g/mol. The van der Waals surface area contributed by atoms with E-state index in [2.05, 4.69) is 30.8 Å². The van der Waals surface area contributed by atoms with Crippen molar-refractivity contribution in [1.29, 1.82) is 0 Å². The number of amides is 2. The van der Waals surface area contributed by atoms with E-state index in [1.54, 1.807) is 12.3 Å². The van der Waals surface area contributed by atoms with Crippen LogP contribution >= 0.6 is 0 Å². The van der Waals surface area contributed by atoms with E-state index >= 15 is 0 Å². The minimum Gasteiger partial charge on any atom is -0.367 e. The SMILES string of the molecule is O=C(Nc1cnccc1C(=O)Nc1n[nH]c2c1CN(S(=O)(=O)c1cc(F)cc(F)c1)CC2)c1cc[nH]c1. The fourth-order valence-electron chi connectivity index (χ4n) is 3.93. The summed E-state index contributed by atoms with van der Waals surface area (Å²) in [5, 5.41) is 12.2. The molecule has 4 N–H and O–H groups in total. The van der Waals surface area contributed by atoms with Crippen LogP contribution in [0.4, 0.5) is 20.3 Å². The maximum atomic E-state index is 13.7. The largest absolute Gasteiger partial charge is 0.367 e. The molecule has 0 radical (unpaired) electrons. The summed E-state index contributed by atoms with van der Waals surface area (Å²) in [5.74, 6) is -3.00. The summed E-state index contributed by atoms with van der Waals surface area (Å²) in [6, 6.07) is 5.07. The van der Waals surface area contributed by atoms with Crippen LogP contribution in [0.1, 0.15) is 32.0 Å². The molecule has 14 heteroatoms. The molecule has 2 amide bonds. The zero-order valence-corrected chi connectivity index (χ0v) is 19.8. The third kappa shape index (κ3) is 4.83. The van der Waals surface area contributed by atoms with Crippen LogP contribution in [0.5, 0.6) is 0 Å². The molecule has 1 aliphatic heterocycles. The first-order chi connectivity index (χ1) is 17.7. The summed E-state index contributed by atoms with van der Waals surface area (Å²) in [5.41, 5.74) is 1.64. The van der Waals surface area contributed by atoms with Crippen molar-refractivity contribution >= 4 is 33.3 Å². The maximum absolute atomic E-state index is 13.7. The fourth-order valence-corrected chi connectivity index (χ4v) is 5.38. The van der Waals surface area contributed by atoms with Crippen molar-refractivity contribution in [3.8, 4) is 0 Å². The van der Waals surface area contributed by atoms with Gasteiger partial charge in [-0.15, -0.1) is 0 Å². The van der Waals surface area contributed by atoms with Crippen molar-refractivity contribution < 1.29 is 26.8 Å². The third-order valence-corrected chi connectivity index (χ3v) is 7.60. The molecule has 0 saturated heterocycles. The Labute approximate surface area is 209 Å². The van der Waals surface area contributed by atoms with Gasteiger partial charge in [0.2, 0.25) is 10.0 Å². The summed E-state index contributed by atoms with van der Waals surface area (Å²) in [4.78, 5) is 31.7. The van der Waals surface area contributed by atoms with Gasteiger partial charge in [0.05, 0.1) is 27.9 Å². The lowest BCUT2D eigenvalue weighted by Gasteiger charge is -2.26. The number of nitrogens with one attached hydrogen (secondary N) is 4. The quantitative estimate of drug-likeness (QED) is 0.302. The molecule has 4 aromatic rings. The van der Waals surface area contributed by atoms with Crippen molar-refractivity contribution in [3.63, 3.8) is 0 Å². The van der Waals surface area contributed by atoms with Crippen LogP contribution in [-0.4, -0.2) is 51.2 Å². The van der Waals surface area contributed by atoms with E-state index in [4.69, 9.17) is 0 Å². The number of pyridine rings is 1. The summed E-state index contributed by atoms with van der Waals surface area (Å²) in [6.45, 7) is -0.141. The summed E-state index contributed by atoms with van der Waals surface area (Å²) < 4.78 is 54.5. The molecule has 0 saturated carbocycles. The van der Waals surface area contributed by atoms with E-state index in [0.29, 0.717) is 22.9 Å². The van der Waals surface area contributed by atoms with Crippen LogP contribution in [0.25, 0.3) is 0 Å². The smallest absolute Gasteiger partial charge is 0.259 e. The molecule has 0 bridgehead atoms. The first-order valence-corrected chi connectivity index (χ1v) is 12.4. The molecule has 190 valence electrons. The number of anilines is 2. The molecule has 1 aliphatic rings. The topological polar surface area (TPSA) is 153 Å². The zero-order chi connectivity index (χ0) is 26.2. The molecule has 5 rings (SSSR count). The second-order valence-electron chi connectivity index (χ2n) is 8.15. The van der Waals surface area contributed by atoms with E-state index in [0.717, 1.165) is 16.4 Å². The van der Waals surface area contributed by atoms with Gasteiger partial charge in [-0.2, -0.15) is 9.40 Å². The number of halogens is 2. The lowest BCUT2D eigenvalue weighted by Crippen LogP contribution is -2.36. The van der Waals surface area contributed by atoms with Gasteiger partial charge in [0, 0.05) is 55.4 Å². The van der Waals surface area contributed by atoms with Crippen molar-refractivity contribution in [3.05, 3.63) is 89.1 Å². The minimum atomic E-state index is -4.23. The zero-order valence-electron chi connectivity index (χ0n) is 19.0. The number of aromatic amines is 2. The summed E-state index contributed by atoms with van der Waals surface area (Å²) in [7, 11) is -4.23. The fraction of sp³-hybridized carbons (Fsp3) is 0.130. The van der Waals surface area contributed by atoms with Crippen molar-refractivity contribution in [1.82, 2.24) is 24.5 Å². The van der Waals surface area contributed by atoms with Crippen molar-refractivity contribution in [2.45, 2.75) is 17.9 Å². The second kappa shape index (κ2) is 9.55. The third-order valence-electron chi connectivity index (χ3n) is 5.78. The number of aromatic nitrogens is 4. The molecule has 0 unspecified atom stereocenters. The van der Waals surface area contributed by atoms with E-state index in [1.165, 1.54) is 24.7 Å². The van der Waals surface area contributed by atoms with Gasteiger partial charge >= 0.3 is 0 Å². The molecular formula is C23H19F2N7O4S. The number of rotatable bonds is 6. The first kappa shape index (κ1) is 24.3. The van der Waals surface area contributed by atoms with E-state index in [9.17, 15) is 26.8 Å². The number of hydrogen-bond donors (Lipinski definition) is 4. The Kier molecular flexibility index (Phi) is 6.27. The average Bonchev–Trinajstić information content (AvgIpc) is 3.54. The molecule has 0 fully saturated rings. The Hall–Kier alpha value is -4.43. The van der Waals surface area contributed by atoms with Crippen LogP contribution in [0.2, 0.25) is 0 Å². The van der Waals surface area contributed by atoms with Gasteiger partial charge in [-0.05, 0) is 24.3 Å². The Morgan fingerprint density at radius 1 is 1.05 bits per heavy atom. The molecule has 4 heterocycles. The highest BCUT2D eigenvalue weighted by molar-refractivity contribution is 7.89. The van der Waals surface area contributed by atoms with Crippen LogP contribution in [-0.2, 0) is 23.0 Å². The standard InChI is InChI=1S/C23H19F2N7O4S/c24-14-7-15(25)9-16(8-14)37(35,36)32-6-3-19-18(12-32)21(31-30-19)29-23(34)17-2-5-27-11-20(17)28-22(33)13-1-4-26-10-13/h1-2,4-5,7-11,26H,3,6,12H2,(H,28,33)(H2,29,30,31,34). The number of hydrogen-bond acceptors (Lipinski definition) is 6. The predicted molar refractivity (Wildman–Crippen MR) is 127 cm³/mol. The van der Waals surface area contributed by atoms with E-state index in [1.807, 2.05) is 0 Å². The number of fused-ring (bicyclic) bond motifs is 1. The molecule has 0 aliphatic carbocycles. The normalized spacial score (nSPS) is 13.7. The van der Waals surface area contributed by atoms with E-state index in [-0.39, 0.29) is 36.6 Å². The monoisotopic (exact) mass is 527 g/mol.